The van der Waals surface area contributed by atoms with Gasteiger partial charge in [0, 0.05) is 19.3 Å². The van der Waals surface area contributed by atoms with Crippen LogP contribution in [0.25, 0.3) is 0 Å². The zero-order valence-electron chi connectivity index (χ0n) is 45.8. The molecule has 70 heavy (non-hydrogen) atoms. The molecule has 2 N–H and O–H groups in total. The molecule has 0 rings (SSSR count). The lowest BCUT2D eigenvalue weighted by atomic mass is 10.0. The first kappa shape index (κ1) is 68.2. The molecule has 3 atom stereocenters. The predicted octanol–water partition coefficient (Wildman–Crippen LogP) is 17.3. The van der Waals surface area contributed by atoms with Crippen molar-refractivity contribution in [3.05, 3.63) is 12.2 Å². The molecule has 0 heterocycles. The van der Waals surface area contributed by atoms with Crippen molar-refractivity contribution < 1.29 is 52.2 Å². The molecule has 11 nitrogen and oxygen atoms in total. The van der Waals surface area contributed by atoms with E-state index in [4.69, 9.17) is 23.3 Å². The summed E-state index contributed by atoms with van der Waals surface area (Å²) in [6.07, 6.45) is 51.8. The summed E-state index contributed by atoms with van der Waals surface area (Å²) < 4.78 is 39.5. The molecule has 0 aliphatic carbocycles. The van der Waals surface area contributed by atoms with Crippen LogP contribution in [0.3, 0.4) is 0 Å². The second-order valence-corrected chi connectivity index (χ2v) is 21.6. The smallest absolute Gasteiger partial charge is 0.462 e. The molecule has 0 aromatic rings. The standard InChI is InChI=1S/C58H111O11P/c1-4-7-10-13-16-19-21-23-25-26-27-28-30-31-33-36-38-41-44-47-56(60)65-51-55(69-58(62)49-46-43-40-37-34-32-29-24-22-20-17-14-11-8-5-2)53-67-70(63,64)66-52-54(50-59)68-57(61)48-45-42-39-35-18-15-12-9-6-3/h24,29,54-55,59H,4-23,25-28,30-53H2,1-3H3,(H,63,64)/b29-24-. The molecule has 0 spiro atoms. The van der Waals surface area contributed by atoms with E-state index in [1.54, 1.807) is 0 Å². The maximum Gasteiger partial charge on any atom is 0.472 e. The lowest BCUT2D eigenvalue weighted by Crippen LogP contribution is -2.30. The van der Waals surface area contributed by atoms with Gasteiger partial charge in [-0.1, -0.05) is 251 Å². The van der Waals surface area contributed by atoms with Crippen molar-refractivity contribution in [1.29, 1.82) is 0 Å². The molecular formula is C58H111O11P. The lowest BCUT2D eigenvalue weighted by Gasteiger charge is -2.21. The van der Waals surface area contributed by atoms with Gasteiger partial charge in [-0.3, -0.25) is 23.4 Å². The number of esters is 3. The number of aliphatic hydroxyl groups excluding tert-OH is 1. The Morgan fingerprint density at radius 1 is 0.386 bits per heavy atom. The maximum atomic E-state index is 12.9. The van der Waals surface area contributed by atoms with Crippen molar-refractivity contribution in [2.75, 3.05) is 26.4 Å². The minimum absolute atomic E-state index is 0.165. The molecule has 0 aromatic carbocycles. The fraction of sp³-hybridized carbons (Fsp3) is 0.914. The third kappa shape index (κ3) is 51.1. The molecule has 12 heteroatoms. The second-order valence-electron chi connectivity index (χ2n) is 20.2. The van der Waals surface area contributed by atoms with Gasteiger partial charge in [-0.2, -0.15) is 0 Å². The van der Waals surface area contributed by atoms with Crippen molar-refractivity contribution in [1.82, 2.24) is 0 Å². The first-order valence-electron chi connectivity index (χ1n) is 29.6. The molecule has 414 valence electrons. The Kier molecular flexibility index (Phi) is 52.1. The predicted molar refractivity (Wildman–Crippen MR) is 289 cm³/mol. The van der Waals surface area contributed by atoms with Crippen LogP contribution in [0.4, 0.5) is 0 Å². The number of phosphoric ester groups is 1. The van der Waals surface area contributed by atoms with Crippen LogP contribution in [0.1, 0.15) is 303 Å². The number of aliphatic hydroxyl groups is 1. The molecule has 0 fully saturated rings. The number of hydrogen-bond acceptors (Lipinski definition) is 10. The summed E-state index contributed by atoms with van der Waals surface area (Å²) in [5, 5.41) is 9.77. The Labute approximate surface area is 430 Å². The third-order valence-corrected chi connectivity index (χ3v) is 14.1. The monoisotopic (exact) mass is 1010 g/mol. The quantitative estimate of drug-likeness (QED) is 0.0197. The van der Waals surface area contributed by atoms with Gasteiger partial charge in [-0.05, 0) is 44.9 Å². The Balaban J connectivity index is 4.64. The minimum Gasteiger partial charge on any atom is -0.462 e. The summed E-state index contributed by atoms with van der Waals surface area (Å²) in [6.45, 7) is 4.66. The summed E-state index contributed by atoms with van der Waals surface area (Å²) in [7, 11) is -4.73. The van der Waals surface area contributed by atoms with E-state index in [-0.39, 0.29) is 25.9 Å². The van der Waals surface area contributed by atoms with E-state index in [2.05, 4.69) is 32.9 Å². The van der Waals surface area contributed by atoms with Crippen LogP contribution >= 0.6 is 7.82 Å². The normalized spacial score (nSPS) is 13.4. The minimum atomic E-state index is -4.73. The van der Waals surface area contributed by atoms with E-state index in [1.165, 1.54) is 167 Å². The first-order chi connectivity index (χ1) is 34.2. The number of allylic oxidation sites excluding steroid dienone is 2. The number of rotatable bonds is 56. The molecule has 0 bridgehead atoms. The fourth-order valence-corrected chi connectivity index (χ4v) is 9.43. The molecular weight excluding hydrogens is 904 g/mol. The van der Waals surface area contributed by atoms with Gasteiger partial charge < -0.3 is 24.2 Å². The molecule has 0 aliphatic rings. The first-order valence-corrected chi connectivity index (χ1v) is 31.1. The summed E-state index contributed by atoms with van der Waals surface area (Å²) in [5.74, 6) is -1.45. The molecule has 0 aliphatic heterocycles. The third-order valence-electron chi connectivity index (χ3n) is 13.2. The van der Waals surface area contributed by atoms with Gasteiger partial charge in [0.2, 0.25) is 0 Å². The van der Waals surface area contributed by atoms with Crippen LogP contribution in [0.2, 0.25) is 0 Å². The average molecular weight is 1020 g/mol. The molecule has 0 aromatic heterocycles. The Hall–Kier alpha value is -1.78. The van der Waals surface area contributed by atoms with Crippen molar-refractivity contribution in [2.24, 2.45) is 0 Å². The van der Waals surface area contributed by atoms with Crippen LogP contribution in [0.15, 0.2) is 12.2 Å². The molecule has 0 saturated heterocycles. The summed E-state index contributed by atoms with van der Waals surface area (Å²) in [5.41, 5.74) is 0. The topological polar surface area (TPSA) is 155 Å². The summed E-state index contributed by atoms with van der Waals surface area (Å²) in [4.78, 5) is 48.4. The molecule has 0 amide bonds. The lowest BCUT2D eigenvalue weighted by molar-refractivity contribution is -0.161. The molecule has 3 unspecified atom stereocenters. The number of phosphoric acid groups is 1. The van der Waals surface area contributed by atoms with Gasteiger partial charge >= 0.3 is 25.7 Å². The van der Waals surface area contributed by atoms with Crippen molar-refractivity contribution >= 4 is 25.7 Å². The Bertz CT molecular complexity index is 1230. The Morgan fingerprint density at radius 3 is 0.986 bits per heavy atom. The number of ether oxygens (including phenoxy) is 3. The van der Waals surface area contributed by atoms with Gasteiger partial charge in [0.05, 0.1) is 19.8 Å². The summed E-state index contributed by atoms with van der Waals surface area (Å²) in [6, 6.07) is 0. The van der Waals surface area contributed by atoms with Crippen LogP contribution < -0.4 is 0 Å². The van der Waals surface area contributed by atoms with Gasteiger partial charge in [0.25, 0.3) is 0 Å². The van der Waals surface area contributed by atoms with E-state index < -0.39 is 57.8 Å². The average Bonchev–Trinajstić information content (AvgIpc) is 3.35. The second kappa shape index (κ2) is 53.5. The van der Waals surface area contributed by atoms with Crippen molar-refractivity contribution in [2.45, 2.75) is 315 Å². The van der Waals surface area contributed by atoms with Gasteiger partial charge in [-0.25, -0.2) is 4.57 Å². The number of unbranched alkanes of at least 4 members (excludes halogenated alkanes) is 37. The van der Waals surface area contributed by atoms with Crippen LogP contribution in [0.5, 0.6) is 0 Å². The highest BCUT2D eigenvalue weighted by molar-refractivity contribution is 7.47. The highest BCUT2D eigenvalue weighted by atomic mass is 31.2. The van der Waals surface area contributed by atoms with Gasteiger partial charge in [-0.15, -0.1) is 0 Å². The van der Waals surface area contributed by atoms with E-state index in [0.29, 0.717) is 19.3 Å². The van der Waals surface area contributed by atoms with E-state index in [1.807, 2.05) is 0 Å². The Morgan fingerprint density at radius 2 is 0.657 bits per heavy atom. The fourth-order valence-electron chi connectivity index (χ4n) is 8.65. The van der Waals surface area contributed by atoms with Gasteiger partial charge in [0.1, 0.15) is 12.7 Å². The number of hydrogen-bond donors (Lipinski definition) is 2. The number of carbonyl (C=O) groups is 3. The van der Waals surface area contributed by atoms with Crippen LogP contribution in [-0.4, -0.2) is 66.5 Å². The molecule has 0 radical (unpaired) electrons. The highest BCUT2D eigenvalue weighted by Gasteiger charge is 2.28. The zero-order valence-corrected chi connectivity index (χ0v) is 46.7. The maximum absolute atomic E-state index is 12.9. The van der Waals surface area contributed by atoms with E-state index in [9.17, 15) is 28.9 Å². The number of carbonyl (C=O) groups excluding carboxylic acids is 3. The van der Waals surface area contributed by atoms with E-state index in [0.717, 1.165) is 77.0 Å². The summed E-state index contributed by atoms with van der Waals surface area (Å²) >= 11 is 0. The van der Waals surface area contributed by atoms with Gasteiger partial charge in [0.15, 0.2) is 6.10 Å². The van der Waals surface area contributed by atoms with E-state index >= 15 is 0 Å². The molecule has 0 saturated carbocycles. The SMILES string of the molecule is CCCCCCCC/C=C\CCCCCCCC(=O)OC(COC(=O)CCCCCCCCCCCCCCCCCCCCC)COP(=O)(O)OCC(CO)OC(=O)CCCCCCCCCCC. The van der Waals surface area contributed by atoms with Crippen molar-refractivity contribution in [3.63, 3.8) is 0 Å². The van der Waals surface area contributed by atoms with Crippen LogP contribution in [0, 0.1) is 0 Å². The van der Waals surface area contributed by atoms with Crippen molar-refractivity contribution in [3.8, 4) is 0 Å². The largest absolute Gasteiger partial charge is 0.472 e. The van der Waals surface area contributed by atoms with Crippen LogP contribution in [-0.2, 0) is 42.2 Å². The highest BCUT2D eigenvalue weighted by Crippen LogP contribution is 2.43. The zero-order chi connectivity index (χ0) is 51.3.